The number of unbranched alkanes of at least 4 members (excludes halogenated alkanes) is 2. The maximum absolute atomic E-state index is 3.38. The molecule has 2 nitrogen and oxygen atoms in total. The van der Waals surface area contributed by atoms with Crippen molar-refractivity contribution in [1.29, 1.82) is 0 Å². The van der Waals surface area contributed by atoms with Crippen LogP contribution >= 0.6 is 0 Å². The Morgan fingerprint density at radius 2 is 1.67 bits per heavy atom. The molecule has 0 aliphatic heterocycles. The van der Waals surface area contributed by atoms with Crippen LogP contribution in [0.1, 0.15) is 58.1 Å². The molecule has 0 fully saturated rings. The summed E-state index contributed by atoms with van der Waals surface area (Å²) in [6.45, 7) is 13.5. The number of nitrogens with one attached hydrogen (secondary N) is 1. The Hall–Kier alpha value is -0.860. The fourth-order valence-electron chi connectivity index (χ4n) is 2.54. The third-order valence-corrected chi connectivity index (χ3v) is 4.03. The molecular weight excluding hydrogens is 256 g/mol. The second-order valence-corrected chi connectivity index (χ2v) is 6.19. The number of nitrogens with zero attached hydrogens (tertiary/aromatic N) is 1. The third-order valence-electron chi connectivity index (χ3n) is 4.03. The van der Waals surface area contributed by atoms with Gasteiger partial charge in [-0.3, -0.25) is 4.90 Å². The van der Waals surface area contributed by atoms with Gasteiger partial charge in [0.2, 0.25) is 0 Å². The molecule has 0 atom stereocenters. The molecule has 0 aliphatic carbocycles. The Bertz CT molecular complexity index is 356. The molecule has 0 amide bonds. The van der Waals surface area contributed by atoms with Crippen molar-refractivity contribution < 1.29 is 0 Å². The van der Waals surface area contributed by atoms with Crippen LogP contribution in [0.15, 0.2) is 24.3 Å². The van der Waals surface area contributed by atoms with Crippen molar-refractivity contribution in [1.82, 2.24) is 10.2 Å². The zero-order valence-corrected chi connectivity index (χ0v) is 14.5. The van der Waals surface area contributed by atoms with Gasteiger partial charge in [-0.25, -0.2) is 0 Å². The minimum atomic E-state index is 0.621. The van der Waals surface area contributed by atoms with Crippen LogP contribution in [-0.4, -0.2) is 30.6 Å². The standard InChI is InChI=1S/C19H34N2/c1-5-7-8-15-21(17(3)4)16-19-11-9-18(10-12-19)13-14-20-6-2/h9-12,17,20H,5-8,13-16H2,1-4H3. The van der Waals surface area contributed by atoms with Gasteiger partial charge < -0.3 is 5.32 Å². The van der Waals surface area contributed by atoms with E-state index < -0.39 is 0 Å². The summed E-state index contributed by atoms with van der Waals surface area (Å²) in [5.41, 5.74) is 2.87. The molecular formula is C19H34N2. The molecule has 0 spiro atoms. The van der Waals surface area contributed by atoms with Crippen LogP contribution in [-0.2, 0) is 13.0 Å². The van der Waals surface area contributed by atoms with Gasteiger partial charge in [0.1, 0.15) is 0 Å². The fourth-order valence-corrected chi connectivity index (χ4v) is 2.54. The lowest BCUT2D eigenvalue weighted by atomic mass is 10.1. The predicted molar refractivity (Wildman–Crippen MR) is 93.8 cm³/mol. The molecule has 0 heterocycles. The molecule has 0 aliphatic rings. The van der Waals surface area contributed by atoms with E-state index in [1.807, 2.05) is 0 Å². The number of hydrogen-bond donors (Lipinski definition) is 1. The van der Waals surface area contributed by atoms with Gasteiger partial charge in [-0.1, -0.05) is 51.0 Å². The van der Waals surface area contributed by atoms with Crippen LogP contribution in [0.4, 0.5) is 0 Å². The van der Waals surface area contributed by atoms with E-state index in [0.29, 0.717) is 6.04 Å². The molecule has 0 bridgehead atoms. The Kier molecular flexibility index (Phi) is 9.36. The van der Waals surface area contributed by atoms with Gasteiger partial charge in [-0.2, -0.15) is 0 Å². The number of hydrogen-bond acceptors (Lipinski definition) is 2. The van der Waals surface area contributed by atoms with E-state index in [1.165, 1.54) is 36.9 Å². The van der Waals surface area contributed by atoms with Crippen molar-refractivity contribution in [2.75, 3.05) is 19.6 Å². The molecule has 0 saturated heterocycles. The molecule has 1 aromatic rings. The van der Waals surface area contributed by atoms with Gasteiger partial charge in [0, 0.05) is 12.6 Å². The number of likely N-dealkylation sites (N-methyl/N-ethyl adjacent to an activating group) is 1. The SMILES string of the molecule is CCCCCN(Cc1ccc(CCNCC)cc1)C(C)C. The Morgan fingerprint density at radius 3 is 2.24 bits per heavy atom. The first-order chi connectivity index (χ1) is 10.2. The fraction of sp³-hybridized carbons (Fsp3) is 0.684. The molecule has 21 heavy (non-hydrogen) atoms. The molecule has 0 radical (unpaired) electrons. The first-order valence-corrected chi connectivity index (χ1v) is 8.70. The first-order valence-electron chi connectivity index (χ1n) is 8.70. The highest BCUT2D eigenvalue weighted by molar-refractivity contribution is 5.22. The summed E-state index contributed by atoms with van der Waals surface area (Å²) >= 11 is 0. The lowest BCUT2D eigenvalue weighted by Gasteiger charge is -2.26. The number of benzene rings is 1. The highest BCUT2D eigenvalue weighted by Crippen LogP contribution is 2.12. The van der Waals surface area contributed by atoms with Crippen molar-refractivity contribution in [2.45, 2.75) is 66.0 Å². The average molecular weight is 290 g/mol. The largest absolute Gasteiger partial charge is 0.317 e. The van der Waals surface area contributed by atoms with Gasteiger partial charge in [0.25, 0.3) is 0 Å². The topological polar surface area (TPSA) is 15.3 Å². The normalized spacial score (nSPS) is 11.5. The lowest BCUT2D eigenvalue weighted by Crippen LogP contribution is -2.31. The summed E-state index contributed by atoms with van der Waals surface area (Å²) < 4.78 is 0. The van der Waals surface area contributed by atoms with Crippen molar-refractivity contribution in [2.24, 2.45) is 0 Å². The summed E-state index contributed by atoms with van der Waals surface area (Å²) in [7, 11) is 0. The van der Waals surface area contributed by atoms with E-state index in [9.17, 15) is 0 Å². The summed E-state index contributed by atoms with van der Waals surface area (Å²) in [5.74, 6) is 0. The van der Waals surface area contributed by atoms with Gasteiger partial charge in [-0.15, -0.1) is 0 Å². The Balaban J connectivity index is 2.47. The maximum Gasteiger partial charge on any atom is 0.0236 e. The van der Waals surface area contributed by atoms with E-state index in [1.54, 1.807) is 0 Å². The molecule has 0 unspecified atom stereocenters. The smallest absolute Gasteiger partial charge is 0.0236 e. The van der Waals surface area contributed by atoms with Gasteiger partial charge in [0.15, 0.2) is 0 Å². The highest BCUT2D eigenvalue weighted by Gasteiger charge is 2.09. The van der Waals surface area contributed by atoms with Crippen molar-refractivity contribution in [3.8, 4) is 0 Å². The first kappa shape index (κ1) is 18.2. The summed E-state index contributed by atoms with van der Waals surface area (Å²) in [6, 6.07) is 9.80. The quantitative estimate of drug-likeness (QED) is 0.613. The summed E-state index contributed by atoms with van der Waals surface area (Å²) in [4.78, 5) is 2.59. The zero-order valence-electron chi connectivity index (χ0n) is 14.5. The third kappa shape index (κ3) is 7.63. The molecule has 2 heteroatoms. The van der Waals surface area contributed by atoms with E-state index in [-0.39, 0.29) is 0 Å². The minimum Gasteiger partial charge on any atom is -0.317 e. The van der Waals surface area contributed by atoms with Crippen LogP contribution in [0.2, 0.25) is 0 Å². The summed E-state index contributed by atoms with van der Waals surface area (Å²) in [6.07, 6.45) is 5.08. The molecule has 120 valence electrons. The second-order valence-electron chi connectivity index (χ2n) is 6.19. The Morgan fingerprint density at radius 1 is 1.00 bits per heavy atom. The highest BCUT2D eigenvalue weighted by atomic mass is 15.1. The number of rotatable bonds is 11. The average Bonchev–Trinajstić information content (AvgIpc) is 2.48. The van der Waals surface area contributed by atoms with Crippen molar-refractivity contribution >= 4 is 0 Å². The minimum absolute atomic E-state index is 0.621. The predicted octanol–water partition coefficient (Wildman–Crippen LogP) is 4.24. The van der Waals surface area contributed by atoms with Gasteiger partial charge >= 0.3 is 0 Å². The molecule has 1 aromatic carbocycles. The maximum atomic E-state index is 3.38. The van der Waals surface area contributed by atoms with Crippen LogP contribution in [0.3, 0.4) is 0 Å². The van der Waals surface area contributed by atoms with Crippen LogP contribution in [0.25, 0.3) is 0 Å². The van der Waals surface area contributed by atoms with Gasteiger partial charge in [-0.05, 0) is 57.5 Å². The Labute approximate surface area is 131 Å². The van der Waals surface area contributed by atoms with Crippen LogP contribution in [0, 0.1) is 0 Å². The monoisotopic (exact) mass is 290 g/mol. The molecule has 1 rings (SSSR count). The van der Waals surface area contributed by atoms with Crippen molar-refractivity contribution in [3.05, 3.63) is 35.4 Å². The molecule has 0 aromatic heterocycles. The molecule has 0 saturated carbocycles. The van der Waals surface area contributed by atoms with E-state index >= 15 is 0 Å². The van der Waals surface area contributed by atoms with E-state index in [2.05, 4.69) is 62.2 Å². The lowest BCUT2D eigenvalue weighted by molar-refractivity contribution is 0.208. The van der Waals surface area contributed by atoms with E-state index in [4.69, 9.17) is 0 Å². The van der Waals surface area contributed by atoms with E-state index in [0.717, 1.165) is 26.1 Å². The second kappa shape index (κ2) is 10.8. The van der Waals surface area contributed by atoms with Crippen molar-refractivity contribution in [3.63, 3.8) is 0 Å². The van der Waals surface area contributed by atoms with Crippen LogP contribution in [0.5, 0.6) is 0 Å². The summed E-state index contributed by atoms with van der Waals surface area (Å²) in [5, 5.41) is 3.38. The molecule has 1 N–H and O–H groups in total. The zero-order chi connectivity index (χ0) is 15.5. The van der Waals surface area contributed by atoms with Crippen LogP contribution < -0.4 is 5.32 Å². The van der Waals surface area contributed by atoms with Gasteiger partial charge in [0.05, 0.1) is 0 Å².